The van der Waals surface area contributed by atoms with Crippen molar-refractivity contribution in [2.24, 2.45) is 0 Å². The third-order valence-electron chi connectivity index (χ3n) is 12.3. The van der Waals surface area contributed by atoms with Crippen molar-refractivity contribution in [1.29, 1.82) is 5.26 Å². The minimum absolute atomic E-state index is 0.0624. The van der Waals surface area contributed by atoms with Gasteiger partial charge in [0.1, 0.15) is 6.07 Å². The van der Waals surface area contributed by atoms with Gasteiger partial charge in [-0.2, -0.15) is 5.26 Å². The van der Waals surface area contributed by atoms with E-state index in [2.05, 4.69) is 77.4 Å². The number of fused-ring (bicyclic) bond motifs is 10. The van der Waals surface area contributed by atoms with Crippen LogP contribution < -0.4 is 0 Å². The van der Waals surface area contributed by atoms with Crippen molar-refractivity contribution in [3.05, 3.63) is 212 Å². The van der Waals surface area contributed by atoms with Crippen molar-refractivity contribution >= 4 is 75.1 Å². The number of rotatable bonds is 6. The molecule has 0 amide bonds. The molecule has 13 aromatic rings. The van der Waals surface area contributed by atoms with Crippen molar-refractivity contribution in [3.8, 4) is 62.7 Å². The summed E-state index contributed by atoms with van der Waals surface area (Å²) in [5.74, 6) is 1.41. The second-order valence-corrected chi connectivity index (χ2v) is 17.0. The van der Waals surface area contributed by atoms with Gasteiger partial charge in [-0.05, 0) is 83.9 Å². The van der Waals surface area contributed by atoms with E-state index >= 15 is 0 Å². The Hall–Kier alpha value is -8.70. The summed E-state index contributed by atoms with van der Waals surface area (Å²) < 4.78 is 49.7. The van der Waals surface area contributed by atoms with Gasteiger partial charge < -0.3 is 9.13 Å². The Kier molecular flexibility index (Phi) is 7.25. The maximum absolute atomic E-state index is 11.2. The maximum Gasteiger partial charge on any atom is 0.164 e. The van der Waals surface area contributed by atoms with Crippen LogP contribution in [0.4, 0.5) is 0 Å². The highest BCUT2D eigenvalue weighted by Gasteiger charge is 2.23. The molecule has 9 aromatic carbocycles. The Bertz CT molecular complexity index is 4370. The fourth-order valence-corrected chi connectivity index (χ4v) is 10.6. The van der Waals surface area contributed by atoms with Gasteiger partial charge in [-0.3, -0.25) is 0 Å². The normalized spacial score (nSPS) is 12.8. The van der Waals surface area contributed by atoms with Gasteiger partial charge in [0.25, 0.3) is 0 Å². The van der Waals surface area contributed by atoms with Gasteiger partial charge in [-0.15, -0.1) is 11.3 Å². The van der Waals surface area contributed by atoms with E-state index < -0.39 is 18.1 Å². The van der Waals surface area contributed by atoms with Gasteiger partial charge in [0.05, 0.1) is 40.2 Å². The van der Waals surface area contributed by atoms with Gasteiger partial charge in [-0.1, -0.05) is 133 Å². The predicted octanol–water partition coefficient (Wildman–Crippen LogP) is 15.0. The Morgan fingerprint density at radius 3 is 1.89 bits per heavy atom. The maximum atomic E-state index is 11.2. The molecular formula is C58H34N6S. The SMILES string of the molecule is [2H]c1c([2H])c([2H])c(-n2c3ccccc3c3c2ccc2c4ccccc4n(-c4ccc(-c5nc(-c6ccc7sc8ccccc8c7c6)nc(-c6ccccc6-c6ccccc6)n5)cc4C#N)c23)c([2H])c1[2H]. The van der Waals surface area contributed by atoms with Gasteiger partial charge >= 0.3 is 0 Å². The number of nitrogens with zero attached hydrogens (tertiary/aromatic N) is 6. The zero-order valence-electron chi connectivity index (χ0n) is 39.3. The highest BCUT2D eigenvalue weighted by atomic mass is 32.1. The lowest BCUT2D eigenvalue weighted by molar-refractivity contribution is 1.07. The number of para-hydroxylation sites is 3. The molecule has 13 rings (SSSR count). The van der Waals surface area contributed by atoms with Crippen molar-refractivity contribution in [1.82, 2.24) is 24.1 Å². The van der Waals surface area contributed by atoms with E-state index in [0.717, 1.165) is 60.2 Å². The van der Waals surface area contributed by atoms with E-state index in [9.17, 15) is 5.26 Å². The van der Waals surface area contributed by atoms with Gasteiger partial charge in [0.15, 0.2) is 17.5 Å². The van der Waals surface area contributed by atoms with E-state index in [0.29, 0.717) is 45.3 Å². The predicted molar refractivity (Wildman–Crippen MR) is 268 cm³/mol. The molecule has 0 spiro atoms. The molecule has 0 unspecified atom stereocenters. The fourth-order valence-electron chi connectivity index (χ4n) is 9.48. The van der Waals surface area contributed by atoms with Gasteiger partial charge in [-0.25, -0.2) is 15.0 Å². The van der Waals surface area contributed by atoms with Crippen LogP contribution in [0.5, 0.6) is 0 Å². The number of aromatic nitrogens is 5. The van der Waals surface area contributed by atoms with Crippen molar-refractivity contribution in [3.63, 3.8) is 0 Å². The minimum Gasteiger partial charge on any atom is -0.309 e. The molecular weight excluding hydrogens is 813 g/mol. The lowest BCUT2D eigenvalue weighted by atomic mass is 9.99. The summed E-state index contributed by atoms with van der Waals surface area (Å²) in [6.45, 7) is 0. The number of benzene rings is 9. The molecule has 4 aromatic heterocycles. The van der Waals surface area contributed by atoms with Crippen LogP contribution in [0.1, 0.15) is 12.4 Å². The molecule has 0 radical (unpaired) electrons. The first-order chi connectivity index (χ1) is 34.3. The topological polar surface area (TPSA) is 72.3 Å². The lowest BCUT2D eigenvalue weighted by Gasteiger charge is -2.14. The smallest absolute Gasteiger partial charge is 0.164 e. The zero-order chi connectivity index (χ0) is 47.4. The van der Waals surface area contributed by atoms with Crippen molar-refractivity contribution in [2.45, 2.75) is 0 Å². The van der Waals surface area contributed by atoms with E-state index in [1.807, 2.05) is 109 Å². The van der Waals surface area contributed by atoms with Crippen LogP contribution in [-0.4, -0.2) is 24.1 Å². The van der Waals surface area contributed by atoms with Crippen LogP contribution in [0.3, 0.4) is 0 Å². The second kappa shape index (κ2) is 14.7. The van der Waals surface area contributed by atoms with E-state index in [-0.39, 0.29) is 17.8 Å². The average Bonchev–Trinajstić information content (AvgIpc) is 4.07. The Balaban J connectivity index is 1.05. The summed E-state index contributed by atoms with van der Waals surface area (Å²) >= 11 is 1.75. The molecule has 0 aliphatic carbocycles. The molecule has 6 nitrogen and oxygen atoms in total. The third kappa shape index (κ3) is 5.82. The van der Waals surface area contributed by atoms with E-state index in [1.165, 1.54) is 14.8 Å². The van der Waals surface area contributed by atoms with Crippen LogP contribution in [0.2, 0.25) is 0 Å². The first-order valence-corrected chi connectivity index (χ1v) is 22.0. The molecule has 0 N–H and O–H groups in total. The van der Waals surface area contributed by atoms with Gasteiger partial charge in [0, 0.05) is 64.1 Å². The number of hydrogen-bond acceptors (Lipinski definition) is 5. The molecule has 65 heavy (non-hydrogen) atoms. The van der Waals surface area contributed by atoms with Crippen LogP contribution >= 0.6 is 11.3 Å². The average molecular weight is 852 g/mol. The largest absolute Gasteiger partial charge is 0.309 e. The third-order valence-corrected chi connectivity index (χ3v) is 13.5. The van der Waals surface area contributed by atoms with Crippen LogP contribution in [0, 0.1) is 11.3 Å². The number of thiophene rings is 1. The summed E-state index contributed by atoms with van der Waals surface area (Å²) in [6, 6.07) is 59.1. The molecule has 0 aliphatic heterocycles. The molecule has 0 bridgehead atoms. The molecule has 4 heterocycles. The van der Waals surface area contributed by atoms with Crippen molar-refractivity contribution in [2.75, 3.05) is 0 Å². The second-order valence-electron chi connectivity index (χ2n) is 15.9. The van der Waals surface area contributed by atoms with Crippen molar-refractivity contribution < 1.29 is 6.85 Å². The Morgan fingerprint density at radius 2 is 1.09 bits per heavy atom. The fraction of sp³-hybridized carbons (Fsp3) is 0. The zero-order valence-corrected chi connectivity index (χ0v) is 35.2. The first kappa shape index (κ1) is 32.0. The quantitative estimate of drug-likeness (QED) is 0.167. The summed E-state index contributed by atoms with van der Waals surface area (Å²) in [5, 5.41) is 17.0. The standard InChI is InChI=1S/C58H34N6S/c59-35-39-33-37(27-30-48(39)64-49-24-12-9-20-42(49)44-29-31-51-54(55(44)64)46-23-10-13-25-50(46)63(51)40-17-5-2-6-18-40)56-60-57(38-28-32-53-47(34-38)43-21-11-14-26-52(43)65-53)62-58(61-56)45-22-8-7-19-41(45)36-15-3-1-4-16-36/h1-34H/i2D,5D,6D,17D,18D. The Labute approximate surface area is 384 Å². The summed E-state index contributed by atoms with van der Waals surface area (Å²) in [4.78, 5) is 15.5. The monoisotopic (exact) mass is 851 g/mol. The molecule has 302 valence electrons. The molecule has 0 saturated carbocycles. The lowest BCUT2D eigenvalue weighted by Crippen LogP contribution is -2.03. The minimum atomic E-state index is -0.454. The summed E-state index contributed by atoms with van der Waals surface area (Å²) in [7, 11) is 0. The molecule has 0 atom stereocenters. The molecule has 0 aliphatic rings. The highest BCUT2D eigenvalue weighted by Crippen LogP contribution is 2.43. The number of nitriles is 1. The highest BCUT2D eigenvalue weighted by molar-refractivity contribution is 7.25. The van der Waals surface area contributed by atoms with Crippen LogP contribution in [0.25, 0.3) is 120 Å². The van der Waals surface area contributed by atoms with Gasteiger partial charge in [0.2, 0.25) is 0 Å². The van der Waals surface area contributed by atoms with E-state index in [4.69, 9.17) is 21.8 Å². The molecule has 0 fully saturated rings. The Morgan fingerprint density at radius 1 is 0.462 bits per heavy atom. The van der Waals surface area contributed by atoms with Crippen LogP contribution in [0.15, 0.2) is 206 Å². The van der Waals surface area contributed by atoms with Crippen LogP contribution in [-0.2, 0) is 0 Å². The number of hydrogen-bond donors (Lipinski definition) is 0. The first-order valence-electron chi connectivity index (χ1n) is 23.7. The molecule has 0 saturated heterocycles. The summed E-state index contributed by atoms with van der Waals surface area (Å²) in [5.41, 5.74) is 8.40. The summed E-state index contributed by atoms with van der Waals surface area (Å²) in [6.07, 6.45) is 0. The molecule has 7 heteroatoms. The van der Waals surface area contributed by atoms with E-state index in [1.54, 1.807) is 15.9 Å².